The second-order valence-corrected chi connectivity index (χ2v) is 16.4. The molecule has 0 radical (unpaired) electrons. The Morgan fingerprint density at radius 3 is 2.25 bits per heavy atom. The molecule has 8 aromatic rings. The highest BCUT2D eigenvalue weighted by Crippen LogP contribution is 2.58. The minimum Gasteiger partial charge on any atom is -0.453 e. The van der Waals surface area contributed by atoms with Gasteiger partial charge in [0.1, 0.15) is 5.58 Å². The lowest BCUT2D eigenvalue weighted by molar-refractivity contribution is 0.603. The van der Waals surface area contributed by atoms with E-state index >= 15 is 0 Å². The number of benzene rings is 7. The molecule has 256 valence electrons. The van der Waals surface area contributed by atoms with Gasteiger partial charge in [-0.3, -0.25) is 0 Å². The number of hydrogen-bond acceptors (Lipinski definition) is 2. The monoisotopic (exact) mass is 683 g/mol. The first-order chi connectivity index (χ1) is 25.8. The average molecular weight is 684 g/mol. The predicted molar refractivity (Wildman–Crippen MR) is 223 cm³/mol. The number of hydrogen-bond donors (Lipinski definition) is 0. The van der Waals surface area contributed by atoms with Crippen molar-refractivity contribution in [1.29, 1.82) is 0 Å². The van der Waals surface area contributed by atoms with Crippen molar-refractivity contribution in [2.45, 2.75) is 57.3 Å². The third-order valence-electron chi connectivity index (χ3n) is 12.8. The van der Waals surface area contributed by atoms with Crippen molar-refractivity contribution in [2.24, 2.45) is 0 Å². The molecule has 0 amide bonds. The van der Waals surface area contributed by atoms with Gasteiger partial charge in [0.25, 0.3) is 0 Å². The summed E-state index contributed by atoms with van der Waals surface area (Å²) in [5, 5.41) is 7.34. The molecule has 1 atom stereocenters. The number of allylic oxidation sites excluding steroid dienone is 4. The van der Waals surface area contributed by atoms with Gasteiger partial charge in [-0.1, -0.05) is 149 Å². The van der Waals surface area contributed by atoms with E-state index in [-0.39, 0.29) is 10.8 Å². The summed E-state index contributed by atoms with van der Waals surface area (Å²) in [5.41, 5.74) is 14.6. The summed E-state index contributed by atoms with van der Waals surface area (Å²) in [4.78, 5) is 2.44. The summed E-state index contributed by atoms with van der Waals surface area (Å²) < 4.78 is 7.36. The van der Waals surface area contributed by atoms with Gasteiger partial charge in [0, 0.05) is 44.5 Å². The van der Waals surface area contributed by atoms with E-state index in [9.17, 15) is 0 Å². The Bertz CT molecular complexity index is 2910. The maximum atomic E-state index is 7.36. The van der Waals surface area contributed by atoms with Gasteiger partial charge in [0.05, 0.1) is 5.69 Å². The number of fused-ring (bicyclic) bond motifs is 14. The number of nitrogens with zero attached hydrogens (tertiary/aromatic N) is 1. The van der Waals surface area contributed by atoms with Crippen LogP contribution in [-0.2, 0) is 10.8 Å². The van der Waals surface area contributed by atoms with Gasteiger partial charge in [-0.25, -0.2) is 0 Å². The number of furan rings is 1. The lowest BCUT2D eigenvalue weighted by Gasteiger charge is -2.28. The fraction of sp³-hybridized carbons (Fsp3) is 0.176. The van der Waals surface area contributed by atoms with Crippen molar-refractivity contribution in [3.05, 3.63) is 173 Å². The summed E-state index contributed by atoms with van der Waals surface area (Å²) in [7, 11) is 0. The van der Waals surface area contributed by atoms with Crippen molar-refractivity contribution in [2.75, 3.05) is 4.90 Å². The lowest BCUT2D eigenvalue weighted by Crippen LogP contribution is -2.17. The molecule has 7 aromatic carbocycles. The Morgan fingerprint density at radius 2 is 1.36 bits per heavy atom. The fourth-order valence-electron chi connectivity index (χ4n) is 10.4. The molecule has 1 unspecified atom stereocenters. The van der Waals surface area contributed by atoms with Gasteiger partial charge >= 0.3 is 0 Å². The van der Waals surface area contributed by atoms with E-state index in [1.54, 1.807) is 0 Å². The first-order valence-corrected chi connectivity index (χ1v) is 19.1. The summed E-state index contributed by atoms with van der Waals surface area (Å²) in [6.45, 7) is 9.55. The van der Waals surface area contributed by atoms with Crippen LogP contribution in [0.15, 0.2) is 156 Å². The van der Waals surface area contributed by atoms with Gasteiger partial charge in [0.2, 0.25) is 0 Å². The van der Waals surface area contributed by atoms with Crippen LogP contribution >= 0.6 is 0 Å². The highest BCUT2D eigenvalue weighted by atomic mass is 16.3. The second kappa shape index (κ2) is 10.8. The molecule has 0 N–H and O–H groups in total. The minimum absolute atomic E-state index is 0.0647. The molecular weight excluding hydrogens is 643 g/mol. The van der Waals surface area contributed by atoms with Gasteiger partial charge in [-0.2, -0.15) is 0 Å². The zero-order valence-electron chi connectivity index (χ0n) is 30.7. The van der Waals surface area contributed by atoms with Crippen LogP contribution < -0.4 is 4.90 Å². The van der Waals surface area contributed by atoms with Crippen molar-refractivity contribution in [1.82, 2.24) is 0 Å². The summed E-state index contributed by atoms with van der Waals surface area (Å²) in [5.74, 6) is 0.458. The number of para-hydroxylation sites is 1. The van der Waals surface area contributed by atoms with Gasteiger partial charge in [-0.15, -0.1) is 0 Å². The molecule has 0 saturated carbocycles. The van der Waals surface area contributed by atoms with Crippen molar-refractivity contribution in [3.8, 4) is 11.1 Å². The van der Waals surface area contributed by atoms with Crippen LogP contribution in [0.3, 0.4) is 0 Å². The molecule has 0 bridgehead atoms. The maximum absolute atomic E-state index is 7.36. The number of anilines is 3. The van der Waals surface area contributed by atoms with E-state index in [1.807, 2.05) is 0 Å². The van der Waals surface area contributed by atoms with E-state index in [0.717, 1.165) is 46.5 Å². The first-order valence-electron chi connectivity index (χ1n) is 19.1. The zero-order chi connectivity index (χ0) is 35.6. The van der Waals surface area contributed by atoms with Crippen molar-refractivity contribution < 1.29 is 4.42 Å². The van der Waals surface area contributed by atoms with E-state index in [1.165, 1.54) is 65.9 Å². The van der Waals surface area contributed by atoms with E-state index in [4.69, 9.17) is 4.42 Å². The molecule has 0 fully saturated rings. The SMILES string of the molecule is CC1(C)C2=CC=CCCC2c2ccc(N(c3ccc4ccccc4c3)c3cccc4c3oc3c5c(c6ccccc6c34)C(C)(C)c3ccccc3-5)cc21. The standard InChI is InChI=1S/C51H41NO/c1-50(2)41-22-7-5-6-17-35(41)36-28-27-34(30-43(36)50)52(33-26-25-31-15-8-9-16-32(31)29-33)44-24-14-21-40-45-37-18-10-11-19-38(37)47-46(49(45)53-48(40)44)39-20-12-13-23-42(39)51(47,3)4/h5,7-16,18-30,35H,6,17H2,1-4H3. The van der Waals surface area contributed by atoms with Crippen LogP contribution in [0.1, 0.15) is 68.7 Å². The molecule has 2 heteroatoms. The van der Waals surface area contributed by atoms with Gasteiger partial charge < -0.3 is 9.32 Å². The fourth-order valence-corrected chi connectivity index (χ4v) is 10.4. The Morgan fingerprint density at radius 1 is 0.623 bits per heavy atom. The van der Waals surface area contributed by atoms with Gasteiger partial charge in [-0.05, 0) is 92.5 Å². The molecule has 3 aliphatic carbocycles. The Labute approximate surface area is 310 Å². The zero-order valence-corrected chi connectivity index (χ0v) is 30.7. The van der Waals surface area contributed by atoms with E-state index in [2.05, 4.69) is 178 Å². The Kier molecular flexibility index (Phi) is 6.29. The normalized spacial score (nSPS) is 17.8. The van der Waals surface area contributed by atoms with Crippen LogP contribution in [0.2, 0.25) is 0 Å². The Hall–Kier alpha value is -5.86. The maximum Gasteiger partial charge on any atom is 0.159 e. The molecule has 1 heterocycles. The molecule has 0 saturated heterocycles. The number of rotatable bonds is 3. The highest BCUT2D eigenvalue weighted by molar-refractivity contribution is 6.26. The third-order valence-corrected chi connectivity index (χ3v) is 12.8. The van der Waals surface area contributed by atoms with Crippen LogP contribution in [0.4, 0.5) is 17.1 Å². The van der Waals surface area contributed by atoms with E-state index in [0.29, 0.717) is 5.92 Å². The van der Waals surface area contributed by atoms with Crippen molar-refractivity contribution in [3.63, 3.8) is 0 Å². The molecule has 3 aliphatic rings. The van der Waals surface area contributed by atoms with Crippen LogP contribution in [0.5, 0.6) is 0 Å². The summed E-state index contributed by atoms with van der Waals surface area (Å²) in [6, 6.07) is 47.3. The molecule has 11 rings (SSSR count). The molecular formula is C51H41NO. The summed E-state index contributed by atoms with van der Waals surface area (Å²) >= 11 is 0. The van der Waals surface area contributed by atoms with E-state index < -0.39 is 0 Å². The molecule has 0 spiro atoms. The molecule has 53 heavy (non-hydrogen) atoms. The van der Waals surface area contributed by atoms with Crippen LogP contribution in [0.25, 0.3) is 54.6 Å². The Balaban J connectivity index is 1.22. The predicted octanol–water partition coefficient (Wildman–Crippen LogP) is 14.3. The third kappa shape index (κ3) is 4.15. The average Bonchev–Trinajstić information content (AvgIpc) is 3.64. The quantitative estimate of drug-likeness (QED) is 0.184. The van der Waals surface area contributed by atoms with Crippen LogP contribution in [-0.4, -0.2) is 0 Å². The van der Waals surface area contributed by atoms with Crippen molar-refractivity contribution >= 4 is 60.5 Å². The van der Waals surface area contributed by atoms with Gasteiger partial charge in [0.15, 0.2) is 5.58 Å². The second-order valence-electron chi connectivity index (χ2n) is 16.4. The largest absolute Gasteiger partial charge is 0.453 e. The molecule has 0 aliphatic heterocycles. The molecule has 2 nitrogen and oxygen atoms in total. The molecule has 1 aromatic heterocycles. The smallest absolute Gasteiger partial charge is 0.159 e. The lowest BCUT2D eigenvalue weighted by atomic mass is 9.79. The highest BCUT2D eigenvalue weighted by Gasteiger charge is 2.42. The topological polar surface area (TPSA) is 16.4 Å². The van der Waals surface area contributed by atoms with Crippen LogP contribution in [0, 0.1) is 0 Å². The first kappa shape index (κ1) is 30.7. The summed E-state index contributed by atoms with van der Waals surface area (Å²) in [6.07, 6.45) is 9.24. The minimum atomic E-state index is -0.155.